The van der Waals surface area contributed by atoms with E-state index in [4.69, 9.17) is 11.6 Å². The van der Waals surface area contributed by atoms with Crippen molar-refractivity contribution in [1.82, 2.24) is 15.5 Å². The third-order valence-corrected chi connectivity index (χ3v) is 4.29. The van der Waals surface area contributed by atoms with Crippen molar-refractivity contribution in [1.29, 1.82) is 0 Å². The summed E-state index contributed by atoms with van der Waals surface area (Å²) < 4.78 is 0. The van der Waals surface area contributed by atoms with Crippen molar-refractivity contribution in [2.45, 2.75) is 19.5 Å². The van der Waals surface area contributed by atoms with E-state index >= 15 is 0 Å². The summed E-state index contributed by atoms with van der Waals surface area (Å²) in [5.41, 5.74) is 2.07. The second-order valence-corrected chi connectivity index (χ2v) is 6.58. The Kier molecular flexibility index (Phi) is 10.2. The standard InChI is InChI=1S/C20H25ClN4O.HI/c1-15(16-9-5-4-6-10-16)24-20(23-14-19(26)25(2)3)22-13-17-11-7-8-12-18(17)21;/h4-12,15H,13-14H2,1-3H3,(H2,22,23,24);1H. The monoisotopic (exact) mass is 500 g/mol. The molecule has 146 valence electrons. The van der Waals surface area contributed by atoms with Gasteiger partial charge in [-0.25, -0.2) is 4.99 Å². The molecule has 2 aromatic carbocycles. The molecule has 5 nitrogen and oxygen atoms in total. The Morgan fingerprint density at radius 1 is 1.11 bits per heavy atom. The lowest BCUT2D eigenvalue weighted by atomic mass is 10.1. The lowest BCUT2D eigenvalue weighted by Crippen LogP contribution is -2.43. The molecule has 2 N–H and O–H groups in total. The van der Waals surface area contributed by atoms with E-state index < -0.39 is 0 Å². The van der Waals surface area contributed by atoms with Crippen LogP contribution in [0.4, 0.5) is 0 Å². The SMILES string of the molecule is CC(NC(=NCc1ccccc1Cl)NCC(=O)N(C)C)c1ccccc1.I. The molecule has 0 saturated carbocycles. The van der Waals surface area contributed by atoms with Gasteiger partial charge in [0, 0.05) is 19.1 Å². The van der Waals surface area contributed by atoms with Gasteiger partial charge >= 0.3 is 0 Å². The summed E-state index contributed by atoms with van der Waals surface area (Å²) >= 11 is 6.21. The lowest BCUT2D eigenvalue weighted by Gasteiger charge is -2.19. The van der Waals surface area contributed by atoms with Crippen LogP contribution >= 0.6 is 35.6 Å². The molecule has 0 saturated heterocycles. The van der Waals surface area contributed by atoms with E-state index in [1.165, 1.54) is 0 Å². The number of nitrogens with one attached hydrogen (secondary N) is 2. The molecule has 7 heteroatoms. The highest BCUT2D eigenvalue weighted by molar-refractivity contribution is 14.0. The minimum Gasteiger partial charge on any atom is -0.350 e. The molecule has 1 amide bonds. The Bertz CT molecular complexity index is 753. The quantitative estimate of drug-likeness (QED) is 0.360. The summed E-state index contributed by atoms with van der Waals surface area (Å²) in [4.78, 5) is 18.0. The van der Waals surface area contributed by atoms with Gasteiger partial charge in [-0.15, -0.1) is 24.0 Å². The van der Waals surface area contributed by atoms with Gasteiger partial charge in [-0.2, -0.15) is 0 Å². The molecule has 0 radical (unpaired) electrons. The maximum atomic E-state index is 11.9. The molecule has 2 aromatic rings. The summed E-state index contributed by atoms with van der Waals surface area (Å²) in [5, 5.41) is 7.12. The Balaban J connectivity index is 0.00000364. The van der Waals surface area contributed by atoms with Crippen LogP contribution in [-0.4, -0.2) is 37.4 Å². The molecular weight excluding hydrogens is 475 g/mol. The van der Waals surface area contributed by atoms with E-state index in [1.54, 1.807) is 19.0 Å². The average Bonchev–Trinajstić information content (AvgIpc) is 2.65. The second kappa shape index (κ2) is 11.8. The Morgan fingerprint density at radius 3 is 2.37 bits per heavy atom. The summed E-state index contributed by atoms with van der Waals surface area (Å²) in [6, 6.07) is 17.7. The van der Waals surface area contributed by atoms with Crippen molar-refractivity contribution < 1.29 is 4.79 Å². The minimum absolute atomic E-state index is 0. The fourth-order valence-corrected chi connectivity index (χ4v) is 2.49. The van der Waals surface area contributed by atoms with Gasteiger partial charge in [0.05, 0.1) is 19.1 Å². The van der Waals surface area contributed by atoms with Crippen molar-refractivity contribution in [2.24, 2.45) is 4.99 Å². The molecular formula is C20H26ClIN4O. The van der Waals surface area contributed by atoms with Crippen LogP contribution in [0, 0.1) is 0 Å². The van der Waals surface area contributed by atoms with Crippen LogP contribution in [0.25, 0.3) is 0 Å². The van der Waals surface area contributed by atoms with E-state index in [0.29, 0.717) is 17.5 Å². The zero-order chi connectivity index (χ0) is 18.9. The molecule has 0 aliphatic heterocycles. The van der Waals surface area contributed by atoms with E-state index in [1.807, 2.05) is 54.6 Å². The summed E-state index contributed by atoms with van der Waals surface area (Å²) in [7, 11) is 3.45. The number of benzene rings is 2. The molecule has 1 atom stereocenters. The maximum Gasteiger partial charge on any atom is 0.241 e. The van der Waals surface area contributed by atoms with Crippen LogP contribution < -0.4 is 10.6 Å². The van der Waals surface area contributed by atoms with Crippen molar-refractivity contribution >= 4 is 47.4 Å². The number of aliphatic imine (C=N–C) groups is 1. The van der Waals surface area contributed by atoms with E-state index in [0.717, 1.165) is 11.1 Å². The maximum absolute atomic E-state index is 11.9. The third kappa shape index (κ3) is 7.76. The van der Waals surface area contributed by atoms with Gasteiger partial charge in [0.1, 0.15) is 0 Å². The third-order valence-electron chi connectivity index (χ3n) is 3.92. The minimum atomic E-state index is -0.0235. The molecule has 0 aliphatic carbocycles. The van der Waals surface area contributed by atoms with E-state index in [9.17, 15) is 4.79 Å². The van der Waals surface area contributed by atoms with Crippen LogP contribution in [0.15, 0.2) is 59.6 Å². The lowest BCUT2D eigenvalue weighted by molar-refractivity contribution is -0.127. The number of amides is 1. The molecule has 2 rings (SSSR count). The topological polar surface area (TPSA) is 56.7 Å². The smallest absolute Gasteiger partial charge is 0.241 e. The molecule has 1 unspecified atom stereocenters. The number of guanidine groups is 1. The second-order valence-electron chi connectivity index (χ2n) is 6.17. The van der Waals surface area contributed by atoms with Crippen molar-refractivity contribution in [2.75, 3.05) is 20.6 Å². The Labute approximate surface area is 183 Å². The van der Waals surface area contributed by atoms with Gasteiger partial charge in [0.2, 0.25) is 5.91 Å². The predicted octanol–water partition coefficient (Wildman–Crippen LogP) is 3.84. The molecule has 0 heterocycles. The van der Waals surface area contributed by atoms with Crippen LogP contribution in [-0.2, 0) is 11.3 Å². The number of hydrogen-bond donors (Lipinski definition) is 2. The normalized spacial score (nSPS) is 11.9. The number of halogens is 2. The number of rotatable bonds is 6. The average molecular weight is 501 g/mol. The van der Waals surface area contributed by atoms with Gasteiger partial charge in [0.25, 0.3) is 0 Å². The van der Waals surface area contributed by atoms with Gasteiger partial charge in [-0.05, 0) is 24.1 Å². The number of carbonyl (C=O) groups is 1. The zero-order valence-electron chi connectivity index (χ0n) is 15.8. The Hall–Kier alpha value is -1.80. The highest BCUT2D eigenvalue weighted by atomic mass is 127. The molecule has 0 fully saturated rings. The van der Waals surface area contributed by atoms with Crippen molar-refractivity contribution in [3.05, 3.63) is 70.7 Å². The number of carbonyl (C=O) groups excluding carboxylic acids is 1. The van der Waals surface area contributed by atoms with Crippen LogP contribution in [0.5, 0.6) is 0 Å². The first-order chi connectivity index (χ1) is 12.5. The summed E-state index contributed by atoms with van der Waals surface area (Å²) in [6.45, 7) is 2.64. The molecule has 27 heavy (non-hydrogen) atoms. The molecule has 0 aliphatic rings. The van der Waals surface area contributed by atoms with Crippen LogP contribution in [0.2, 0.25) is 5.02 Å². The van der Waals surface area contributed by atoms with E-state index in [-0.39, 0.29) is 42.5 Å². The number of likely N-dealkylation sites (N-methyl/N-ethyl adjacent to an activating group) is 1. The van der Waals surface area contributed by atoms with E-state index in [2.05, 4.69) is 22.5 Å². The zero-order valence-corrected chi connectivity index (χ0v) is 18.9. The van der Waals surface area contributed by atoms with Crippen molar-refractivity contribution in [3.63, 3.8) is 0 Å². The highest BCUT2D eigenvalue weighted by Crippen LogP contribution is 2.16. The molecule has 0 aromatic heterocycles. The molecule has 0 bridgehead atoms. The Morgan fingerprint density at radius 2 is 1.74 bits per heavy atom. The largest absolute Gasteiger partial charge is 0.350 e. The summed E-state index contributed by atoms with van der Waals surface area (Å²) in [5.74, 6) is 0.543. The number of hydrogen-bond acceptors (Lipinski definition) is 2. The van der Waals surface area contributed by atoms with Crippen molar-refractivity contribution in [3.8, 4) is 0 Å². The van der Waals surface area contributed by atoms with Gasteiger partial charge in [-0.1, -0.05) is 60.1 Å². The first-order valence-electron chi connectivity index (χ1n) is 8.50. The fourth-order valence-electron chi connectivity index (χ4n) is 2.29. The van der Waals surface area contributed by atoms with Gasteiger partial charge < -0.3 is 15.5 Å². The fraction of sp³-hybridized carbons (Fsp3) is 0.300. The van der Waals surface area contributed by atoms with Gasteiger partial charge in [0.15, 0.2) is 5.96 Å². The molecule has 0 spiro atoms. The van der Waals surface area contributed by atoms with Crippen LogP contribution in [0.3, 0.4) is 0 Å². The first kappa shape index (κ1) is 23.2. The summed E-state index contributed by atoms with van der Waals surface area (Å²) in [6.07, 6.45) is 0. The highest BCUT2D eigenvalue weighted by Gasteiger charge is 2.10. The predicted molar refractivity (Wildman–Crippen MR) is 123 cm³/mol. The van der Waals surface area contributed by atoms with Gasteiger partial charge in [-0.3, -0.25) is 4.79 Å². The number of nitrogens with zero attached hydrogens (tertiary/aromatic N) is 2. The van der Waals surface area contributed by atoms with Crippen LogP contribution in [0.1, 0.15) is 24.1 Å². The first-order valence-corrected chi connectivity index (χ1v) is 8.88.